The number of carbonyl (C=O) groups is 1. The van der Waals surface area contributed by atoms with Gasteiger partial charge in [0.15, 0.2) is 0 Å². The van der Waals surface area contributed by atoms with E-state index in [1.165, 1.54) is 7.05 Å². The van der Waals surface area contributed by atoms with E-state index in [4.69, 9.17) is 5.11 Å². The summed E-state index contributed by atoms with van der Waals surface area (Å²) in [6, 6.07) is 0. The summed E-state index contributed by atoms with van der Waals surface area (Å²) < 4.78 is 0. The van der Waals surface area contributed by atoms with Crippen molar-refractivity contribution in [1.82, 2.24) is 5.32 Å². The van der Waals surface area contributed by atoms with Gasteiger partial charge in [0.25, 0.3) is 0 Å². The molecule has 11 heavy (non-hydrogen) atoms. The van der Waals surface area contributed by atoms with Crippen LogP contribution in [0, 0.1) is 0 Å². The maximum atomic E-state index is 10.7. The Bertz CT molecular complexity index is 115. The van der Waals surface area contributed by atoms with E-state index in [-0.39, 0.29) is 5.91 Å². The summed E-state index contributed by atoms with van der Waals surface area (Å²) in [4.78, 5) is 10.7. The molecule has 0 heterocycles. The predicted octanol–water partition coefficient (Wildman–Crippen LogP) is 0.674. The van der Waals surface area contributed by atoms with Crippen molar-refractivity contribution in [3.05, 3.63) is 0 Å². The highest BCUT2D eigenvalue weighted by Gasteiger charge is 2.11. The molecule has 0 aliphatic heterocycles. The first-order valence-corrected chi connectivity index (χ1v) is 4.12. The Hall–Kier alpha value is -0.570. The number of aliphatic hydroxyl groups is 1. The molecule has 3 heteroatoms. The van der Waals surface area contributed by atoms with Gasteiger partial charge in [0.05, 0.1) is 0 Å². The zero-order valence-electron chi connectivity index (χ0n) is 7.26. The average molecular weight is 159 g/mol. The number of nitrogens with one attached hydrogen (secondary N) is 1. The van der Waals surface area contributed by atoms with E-state index < -0.39 is 6.10 Å². The zero-order chi connectivity index (χ0) is 8.69. The molecule has 3 nitrogen and oxygen atoms in total. The van der Waals surface area contributed by atoms with Crippen molar-refractivity contribution >= 4 is 5.91 Å². The third kappa shape index (κ3) is 4.79. The number of carbonyl (C=O) groups excluding carboxylic acids is 1. The molecule has 2 N–H and O–H groups in total. The lowest BCUT2D eigenvalue weighted by atomic mass is 10.1. The smallest absolute Gasteiger partial charge is 0.248 e. The highest BCUT2D eigenvalue weighted by atomic mass is 16.3. The number of hydrogen-bond acceptors (Lipinski definition) is 2. The molecule has 0 rings (SSSR count). The molecule has 0 aromatic rings. The molecular formula is C8H17NO2. The van der Waals surface area contributed by atoms with E-state index in [0.29, 0.717) is 6.42 Å². The van der Waals surface area contributed by atoms with E-state index in [1.807, 2.05) is 0 Å². The van der Waals surface area contributed by atoms with Crippen LogP contribution in [0.5, 0.6) is 0 Å². The monoisotopic (exact) mass is 159 g/mol. The number of aliphatic hydroxyl groups excluding tert-OH is 1. The normalized spacial score (nSPS) is 12.6. The fraction of sp³-hybridized carbons (Fsp3) is 0.875. The Morgan fingerprint density at radius 3 is 2.64 bits per heavy atom. The average Bonchev–Trinajstić information content (AvgIpc) is 2.03. The second kappa shape index (κ2) is 6.16. The van der Waals surface area contributed by atoms with Crippen molar-refractivity contribution in [2.45, 2.75) is 38.7 Å². The van der Waals surface area contributed by atoms with Gasteiger partial charge in [-0.1, -0.05) is 26.2 Å². The molecule has 0 aliphatic carbocycles. The number of rotatable bonds is 5. The van der Waals surface area contributed by atoms with Crippen LogP contribution in [-0.4, -0.2) is 24.2 Å². The van der Waals surface area contributed by atoms with Gasteiger partial charge >= 0.3 is 0 Å². The summed E-state index contributed by atoms with van der Waals surface area (Å²) in [5.41, 5.74) is 0. The largest absolute Gasteiger partial charge is 0.383 e. The van der Waals surface area contributed by atoms with Crippen molar-refractivity contribution in [2.24, 2.45) is 0 Å². The van der Waals surface area contributed by atoms with Gasteiger partial charge in [0, 0.05) is 7.05 Å². The molecule has 0 saturated heterocycles. The van der Waals surface area contributed by atoms with Crippen LogP contribution in [-0.2, 0) is 4.79 Å². The zero-order valence-corrected chi connectivity index (χ0v) is 7.26. The van der Waals surface area contributed by atoms with Crippen LogP contribution in [0.2, 0.25) is 0 Å². The van der Waals surface area contributed by atoms with E-state index in [2.05, 4.69) is 12.2 Å². The Labute approximate surface area is 67.8 Å². The number of likely N-dealkylation sites (N-methyl/N-ethyl adjacent to an activating group) is 1. The molecule has 66 valence electrons. The van der Waals surface area contributed by atoms with Gasteiger partial charge < -0.3 is 10.4 Å². The van der Waals surface area contributed by atoms with E-state index in [0.717, 1.165) is 19.3 Å². The van der Waals surface area contributed by atoms with Gasteiger partial charge in [-0.3, -0.25) is 4.79 Å². The molecular weight excluding hydrogens is 142 g/mol. The minimum absolute atomic E-state index is 0.277. The number of amides is 1. The summed E-state index contributed by atoms with van der Waals surface area (Å²) in [5, 5.41) is 11.5. The Kier molecular flexibility index (Phi) is 5.84. The molecule has 0 aliphatic rings. The highest BCUT2D eigenvalue weighted by molar-refractivity contribution is 5.79. The van der Waals surface area contributed by atoms with Crippen molar-refractivity contribution in [3.63, 3.8) is 0 Å². The lowest BCUT2D eigenvalue weighted by Crippen LogP contribution is -2.31. The second-order valence-corrected chi connectivity index (χ2v) is 2.63. The first-order valence-electron chi connectivity index (χ1n) is 4.12. The van der Waals surface area contributed by atoms with E-state index in [9.17, 15) is 4.79 Å². The minimum atomic E-state index is -0.813. The molecule has 0 spiro atoms. The summed E-state index contributed by atoms with van der Waals surface area (Å²) in [6.07, 6.45) is 2.87. The molecule has 0 fully saturated rings. The lowest BCUT2D eigenvalue weighted by Gasteiger charge is -2.07. The first kappa shape index (κ1) is 10.4. The first-order chi connectivity index (χ1) is 5.22. The van der Waals surface area contributed by atoms with Crippen LogP contribution in [0.4, 0.5) is 0 Å². The Morgan fingerprint density at radius 1 is 1.55 bits per heavy atom. The van der Waals surface area contributed by atoms with E-state index in [1.54, 1.807) is 0 Å². The summed E-state index contributed by atoms with van der Waals surface area (Å²) in [6.45, 7) is 2.09. The maximum absolute atomic E-state index is 10.7. The van der Waals surface area contributed by atoms with Crippen LogP contribution < -0.4 is 5.32 Å². The van der Waals surface area contributed by atoms with Crippen LogP contribution in [0.1, 0.15) is 32.6 Å². The van der Waals surface area contributed by atoms with Crippen molar-refractivity contribution in [3.8, 4) is 0 Å². The number of hydrogen-bond donors (Lipinski definition) is 2. The van der Waals surface area contributed by atoms with E-state index >= 15 is 0 Å². The van der Waals surface area contributed by atoms with Crippen LogP contribution in [0.25, 0.3) is 0 Å². The summed E-state index contributed by atoms with van der Waals surface area (Å²) in [7, 11) is 1.53. The standard InChI is InChI=1S/C8H17NO2/c1-3-4-5-6-7(10)8(11)9-2/h7,10H,3-6H2,1-2H3,(H,9,11). The van der Waals surface area contributed by atoms with Gasteiger partial charge in [-0.15, -0.1) is 0 Å². The molecule has 1 unspecified atom stereocenters. The molecule has 0 bridgehead atoms. The van der Waals surface area contributed by atoms with Crippen molar-refractivity contribution < 1.29 is 9.90 Å². The van der Waals surface area contributed by atoms with Crippen LogP contribution in [0.3, 0.4) is 0 Å². The topological polar surface area (TPSA) is 49.3 Å². The van der Waals surface area contributed by atoms with Gasteiger partial charge in [-0.05, 0) is 6.42 Å². The molecule has 0 aromatic heterocycles. The van der Waals surface area contributed by atoms with Crippen LogP contribution in [0.15, 0.2) is 0 Å². The molecule has 1 amide bonds. The molecule has 1 atom stereocenters. The van der Waals surface area contributed by atoms with Crippen molar-refractivity contribution in [1.29, 1.82) is 0 Å². The molecule has 0 aromatic carbocycles. The minimum Gasteiger partial charge on any atom is -0.383 e. The Morgan fingerprint density at radius 2 is 2.18 bits per heavy atom. The fourth-order valence-corrected chi connectivity index (χ4v) is 0.885. The highest BCUT2D eigenvalue weighted by Crippen LogP contribution is 2.02. The van der Waals surface area contributed by atoms with Crippen molar-refractivity contribution in [2.75, 3.05) is 7.05 Å². The predicted molar refractivity (Wildman–Crippen MR) is 44.2 cm³/mol. The van der Waals surface area contributed by atoms with Gasteiger partial charge in [-0.25, -0.2) is 0 Å². The lowest BCUT2D eigenvalue weighted by molar-refractivity contribution is -0.129. The van der Waals surface area contributed by atoms with Crippen LogP contribution >= 0.6 is 0 Å². The molecule has 0 radical (unpaired) electrons. The van der Waals surface area contributed by atoms with Gasteiger partial charge in [0.2, 0.25) is 5.91 Å². The SMILES string of the molecule is CCCCCC(O)C(=O)NC. The number of unbranched alkanes of at least 4 members (excludes halogenated alkanes) is 2. The fourth-order valence-electron chi connectivity index (χ4n) is 0.885. The second-order valence-electron chi connectivity index (χ2n) is 2.63. The quantitative estimate of drug-likeness (QED) is 0.579. The Balaban J connectivity index is 3.36. The van der Waals surface area contributed by atoms with Gasteiger partial charge in [-0.2, -0.15) is 0 Å². The maximum Gasteiger partial charge on any atom is 0.248 e. The van der Waals surface area contributed by atoms with Gasteiger partial charge in [0.1, 0.15) is 6.10 Å². The third-order valence-corrected chi connectivity index (χ3v) is 1.63. The summed E-state index contributed by atoms with van der Waals surface area (Å²) in [5.74, 6) is -0.277. The summed E-state index contributed by atoms with van der Waals surface area (Å²) >= 11 is 0. The third-order valence-electron chi connectivity index (χ3n) is 1.63. The molecule has 0 saturated carbocycles.